The SMILES string of the molecule is CCCCC[N+]1=C(C(C)C)C(C)(C)c2c1ccc1c(SOOO)cc(S(=O)(=O)O)cc21. The van der Waals surface area contributed by atoms with Gasteiger partial charge in [0.15, 0.2) is 5.71 Å². The predicted molar refractivity (Wildman–Crippen MR) is 122 cm³/mol. The van der Waals surface area contributed by atoms with Crippen LogP contribution in [0.1, 0.15) is 59.4 Å². The van der Waals surface area contributed by atoms with E-state index in [4.69, 9.17) is 5.26 Å². The number of nitrogens with zero attached hydrogens (tertiary/aromatic N) is 1. The van der Waals surface area contributed by atoms with Crippen LogP contribution in [-0.4, -0.2) is 35.1 Å². The van der Waals surface area contributed by atoms with Gasteiger partial charge >= 0.3 is 0 Å². The molecule has 0 unspecified atom stereocenters. The number of hydrogen-bond acceptors (Lipinski definition) is 6. The summed E-state index contributed by atoms with van der Waals surface area (Å²) in [5, 5.41) is 13.8. The lowest BCUT2D eigenvalue weighted by atomic mass is 9.76. The summed E-state index contributed by atoms with van der Waals surface area (Å²) in [5.41, 5.74) is 3.01. The van der Waals surface area contributed by atoms with Crippen molar-refractivity contribution in [1.29, 1.82) is 0 Å². The van der Waals surface area contributed by atoms with Crippen LogP contribution < -0.4 is 0 Å². The minimum absolute atomic E-state index is 0.233. The van der Waals surface area contributed by atoms with Gasteiger partial charge in [-0.1, -0.05) is 32.2 Å². The van der Waals surface area contributed by atoms with Crippen molar-refractivity contribution in [2.75, 3.05) is 6.54 Å². The van der Waals surface area contributed by atoms with Gasteiger partial charge in [0.2, 0.25) is 5.69 Å². The van der Waals surface area contributed by atoms with Crippen LogP contribution in [0.15, 0.2) is 34.1 Å². The first-order valence-corrected chi connectivity index (χ1v) is 12.6. The van der Waals surface area contributed by atoms with Crippen molar-refractivity contribution >= 4 is 44.3 Å². The number of unbranched alkanes of at least 4 members (excludes halogenated alkanes) is 2. The minimum Gasteiger partial charge on any atom is -0.282 e. The Bertz CT molecular complexity index is 1120. The molecule has 1 heterocycles. The second kappa shape index (κ2) is 9.17. The fourth-order valence-corrected chi connectivity index (χ4v) is 6.06. The maximum absolute atomic E-state index is 12.0. The lowest BCUT2D eigenvalue weighted by Gasteiger charge is -2.22. The summed E-state index contributed by atoms with van der Waals surface area (Å²) >= 11 is 0.682. The van der Waals surface area contributed by atoms with E-state index in [2.05, 4.69) is 54.6 Å². The van der Waals surface area contributed by atoms with E-state index >= 15 is 0 Å². The molecule has 170 valence electrons. The van der Waals surface area contributed by atoms with E-state index < -0.39 is 10.1 Å². The molecule has 0 saturated heterocycles. The van der Waals surface area contributed by atoms with Crippen LogP contribution in [0.2, 0.25) is 0 Å². The Morgan fingerprint density at radius 1 is 1.16 bits per heavy atom. The van der Waals surface area contributed by atoms with Crippen molar-refractivity contribution in [3.8, 4) is 0 Å². The molecular formula is C22H30NO6S2+. The second-order valence-corrected chi connectivity index (χ2v) is 10.9. The standard InChI is InChI=1S/C22H29NO6S2/c1-6-7-8-11-23-18-10-9-16-17(20(18)22(4,5)21(23)14(2)3)12-15(31(25,26)27)13-19(16)30-29-28-24/h9-10,12-14H,6-8,11H2,1-5H3,(H-,24,25,26,27)/p+1. The summed E-state index contributed by atoms with van der Waals surface area (Å²) in [6.07, 6.45) is 3.33. The van der Waals surface area contributed by atoms with Gasteiger partial charge in [0, 0.05) is 28.9 Å². The van der Waals surface area contributed by atoms with Gasteiger partial charge in [-0.3, -0.25) is 4.55 Å². The Morgan fingerprint density at radius 2 is 1.87 bits per heavy atom. The quantitative estimate of drug-likeness (QED) is 0.121. The Kier molecular flexibility index (Phi) is 7.15. The van der Waals surface area contributed by atoms with Crippen molar-refractivity contribution in [2.45, 2.75) is 69.1 Å². The largest absolute Gasteiger partial charge is 0.294 e. The summed E-state index contributed by atoms with van der Waals surface area (Å²) in [6.45, 7) is 11.7. The highest BCUT2D eigenvalue weighted by molar-refractivity contribution is 7.94. The van der Waals surface area contributed by atoms with Gasteiger partial charge in [-0.05, 0) is 49.2 Å². The molecule has 2 aromatic rings. The smallest absolute Gasteiger partial charge is 0.282 e. The zero-order valence-corrected chi connectivity index (χ0v) is 20.1. The first-order chi connectivity index (χ1) is 14.5. The van der Waals surface area contributed by atoms with Gasteiger partial charge in [0.05, 0.1) is 22.4 Å². The van der Waals surface area contributed by atoms with Gasteiger partial charge < -0.3 is 0 Å². The molecule has 0 amide bonds. The van der Waals surface area contributed by atoms with Crippen molar-refractivity contribution in [3.63, 3.8) is 0 Å². The first kappa shape index (κ1) is 24.2. The van der Waals surface area contributed by atoms with Crippen molar-refractivity contribution < 1.29 is 32.2 Å². The molecule has 0 bridgehead atoms. The Hall–Kier alpha value is -1.49. The molecule has 1 aliphatic rings. The Morgan fingerprint density at radius 3 is 2.45 bits per heavy atom. The number of fused-ring (bicyclic) bond motifs is 3. The molecule has 0 aliphatic carbocycles. The van der Waals surface area contributed by atoms with Gasteiger partial charge in [-0.25, -0.2) is 5.26 Å². The topological polar surface area (TPSA) is 96.1 Å². The van der Waals surface area contributed by atoms with E-state index in [1.165, 1.54) is 17.8 Å². The Balaban J connectivity index is 2.32. The first-order valence-electron chi connectivity index (χ1n) is 10.4. The monoisotopic (exact) mass is 468 g/mol. The molecule has 1 aliphatic heterocycles. The average molecular weight is 469 g/mol. The van der Waals surface area contributed by atoms with Gasteiger partial charge in [-0.15, -0.1) is 4.33 Å². The molecule has 0 fully saturated rings. The molecule has 0 radical (unpaired) electrons. The van der Waals surface area contributed by atoms with E-state index in [-0.39, 0.29) is 10.3 Å². The summed E-state index contributed by atoms with van der Waals surface area (Å²) in [4.78, 5) is 0.178. The zero-order chi connectivity index (χ0) is 23.0. The normalized spacial score (nSPS) is 15.9. The molecule has 0 aromatic heterocycles. The Labute approximate surface area is 187 Å². The summed E-state index contributed by atoms with van der Waals surface area (Å²) in [6, 6.07) is 6.79. The highest BCUT2D eigenvalue weighted by atomic mass is 32.2. The fourth-order valence-electron chi connectivity index (χ4n) is 4.90. The van der Waals surface area contributed by atoms with Gasteiger partial charge in [0.25, 0.3) is 10.1 Å². The van der Waals surface area contributed by atoms with Gasteiger partial charge in [0.1, 0.15) is 6.54 Å². The molecule has 9 heteroatoms. The summed E-state index contributed by atoms with van der Waals surface area (Å²) in [5.74, 6) is 0.295. The van der Waals surface area contributed by atoms with E-state index in [1.54, 1.807) is 0 Å². The number of hydrogen-bond donors (Lipinski definition) is 2. The summed E-state index contributed by atoms with van der Waals surface area (Å²) in [7, 11) is -4.45. The van der Waals surface area contributed by atoms with E-state index in [9.17, 15) is 13.0 Å². The molecule has 7 nitrogen and oxygen atoms in total. The van der Waals surface area contributed by atoms with Crippen molar-refractivity contribution in [1.82, 2.24) is 0 Å². The highest BCUT2D eigenvalue weighted by Gasteiger charge is 2.47. The van der Waals surface area contributed by atoms with Crippen LogP contribution in [0.5, 0.6) is 0 Å². The maximum Gasteiger partial charge on any atom is 0.294 e. The van der Waals surface area contributed by atoms with Crippen LogP contribution >= 0.6 is 12.0 Å². The molecule has 2 aromatic carbocycles. The maximum atomic E-state index is 12.0. The third-order valence-corrected chi connectivity index (χ3v) is 7.36. The van der Waals surface area contributed by atoms with Crippen LogP contribution in [0.25, 0.3) is 10.8 Å². The van der Waals surface area contributed by atoms with E-state index in [1.807, 2.05) is 6.07 Å². The van der Waals surface area contributed by atoms with E-state index in [0.29, 0.717) is 22.9 Å². The molecule has 3 rings (SSSR count). The van der Waals surface area contributed by atoms with Gasteiger partial charge in [-0.2, -0.15) is 13.0 Å². The molecular weight excluding hydrogens is 438 g/mol. The number of rotatable bonds is 9. The zero-order valence-electron chi connectivity index (χ0n) is 18.5. The third kappa shape index (κ3) is 4.53. The minimum atomic E-state index is -4.45. The second-order valence-electron chi connectivity index (χ2n) is 8.70. The predicted octanol–water partition coefficient (Wildman–Crippen LogP) is 5.74. The molecule has 0 saturated carbocycles. The van der Waals surface area contributed by atoms with E-state index in [0.717, 1.165) is 47.8 Å². The van der Waals surface area contributed by atoms with Crippen LogP contribution in [0, 0.1) is 5.92 Å². The van der Waals surface area contributed by atoms with Crippen molar-refractivity contribution in [2.24, 2.45) is 5.92 Å². The fraction of sp³-hybridized carbons (Fsp3) is 0.500. The molecule has 0 atom stereocenters. The average Bonchev–Trinajstić information content (AvgIpc) is 2.92. The van der Waals surface area contributed by atoms with Crippen LogP contribution in [0.3, 0.4) is 0 Å². The summed E-state index contributed by atoms with van der Waals surface area (Å²) < 4.78 is 40.7. The molecule has 0 spiro atoms. The van der Waals surface area contributed by atoms with Crippen molar-refractivity contribution in [3.05, 3.63) is 29.8 Å². The lowest BCUT2D eigenvalue weighted by molar-refractivity contribution is -0.441. The highest BCUT2D eigenvalue weighted by Crippen LogP contribution is 2.47. The number of benzene rings is 2. The van der Waals surface area contributed by atoms with Crippen LogP contribution in [-0.2, 0) is 24.9 Å². The molecule has 31 heavy (non-hydrogen) atoms. The molecule has 2 N–H and O–H groups in total. The lowest BCUT2D eigenvalue weighted by Crippen LogP contribution is -2.34. The van der Waals surface area contributed by atoms with Crippen LogP contribution in [0.4, 0.5) is 5.69 Å². The third-order valence-electron chi connectivity index (χ3n) is 5.88.